The number of carbonyl (C=O) groups is 2. The summed E-state index contributed by atoms with van der Waals surface area (Å²) in [6.45, 7) is 0.524. The molecule has 108 valence electrons. The van der Waals surface area contributed by atoms with Gasteiger partial charge in [-0.3, -0.25) is 4.79 Å². The van der Waals surface area contributed by atoms with E-state index in [2.05, 4.69) is 0 Å². The van der Waals surface area contributed by atoms with E-state index in [-0.39, 0.29) is 17.7 Å². The van der Waals surface area contributed by atoms with Crippen molar-refractivity contribution in [2.24, 2.45) is 0 Å². The summed E-state index contributed by atoms with van der Waals surface area (Å²) >= 11 is 0. The van der Waals surface area contributed by atoms with E-state index in [0.717, 1.165) is 0 Å². The van der Waals surface area contributed by atoms with Crippen LogP contribution < -0.4 is 0 Å². The Morgan fingerprint density at radius 2 is 2.15 bits per heavy atom. The van der Waals surface area contributed by atoms with Crippen molar-refractivity contribution in [2.45, 2.75) is 19.0 Å². The number of rotatable bonds is 4. The molecule has 2 unspecified atom stereocenters. The molecule has 0 bridgehead atoms. The highest BCUT2D eigenvalue weighted by Crippen LogP contribution is 2.36. The van der Waals surface area contributed by atoms with E-state index in [0.29, 0.717) is 0 Å². The first kappa shape index (κ1) is 14.4. The second kappa shape index (κ2) is 5.58. The number of benzene rings is 1. The third-order valence-electron chi connectivity index (χ3n) is 2.85. The van der Waals surface area contributed by atoms with Crippen molar-refractivity contribution in [3.8, 4) is 0 Å². The van der Waals surface area contributed by atoms with Crippen molar-refractivity contribution >= 4 is 11.9 Å². The fourth-order valence-electron chi connectivity index (χ4n) is 2.04. The van der Waals surface area contributed by atoms with Gasteiger partial charge in [0.05, 0.1) is 5.56 Å². The highest BCUT2D eigenvalue weighted by atomic mass is 16.8. The van der Waals surface area contributed by atoms with Crippen LogP contribution in [-0.2, 0) is 24.8 Å². The molecule has 2 atom stereocenters. The van der Waals surface area contributed by atoms with Gasteiger partial charge < -0.3 is 24.4 Å². The summed E-state index contributed by atoms with van der Waals surface area (Å²) in [5.74, 6) is -3.37. The normalized spacial score (nSPS) is 25.4. The molecule has 7 nitrogen and oxygen atoms in total. The Morgan fingerprint density at radius 1 is 1.45 bits per heavy atom. The Kier molecular flexibility index (Phi) is 4.03. The molecule has 2 rings (SSSR count). The maximum atomic E-state index is 11.2. The number of hydrogen-bond donors (Lipinski definition) is 2. The topological polar surface area (TPSA) is 102 Å². The maximum absolute atomic E-state index is 11.2. The van der Waals surface area contributed by atoms with Crippen LogP contribution in [0.1, 0.15) is 22.8 Å². The largest absolute Gasteiger partial charge is 0.478 e. The zero-order valence-electron chi connectivity index (χ0n) is 10.7. The number of ether oxygens (including phenoxy) is 3. The summed E-state index contributed by atoms with van der Waals surface area (Å²) in [6.07, 6.45) is -0.985. The molecule has 1 aliphatic rings. The summed E-state index contributed by atoms with van der Waals surface area (Å²) in [5.41, 5.74) is 0.120. The fourth-order valence-corrected chi connectivity index (χ4v) is 2.04. The van der Waals surface area contributed by atoms with E-state index in [4.69, 9.17) is 19.3 Å². The summed E-state index contributed by atoms with van der Waals surface area (Å²) in [4.78, 5) is 22.1. The van der Waals surface area contributed by atoms with Crippen molar-refractivity contribution in [3.63, 3.8) is 0 Å². The third-order valence-corrected chi connectivity index (χ3v) is 2.85. The van der Waals surface area contributed by atoms with Gasteiger partial charge >= 0.3 is 11.9 Å². The standard InChI is InChI=1S/C13H14O7/c1-8(15)19-11-6-18-13(7-14,20-11)10-5-3-2-4-9(10)12(16)17/h2-5,11,14H,6-7H2,1H3,(H,16,17). The first-order valence-electron chi connectivity index (χ1n) is 5.91. The van der Waals surface area contributed by atoms with Crippen LogP contribution in [-0.4, -0.2) is 41.7 Å². The Balaban J connectivity index is 2.34. The number of aliphatic hydroxyl groups is 1. The van der Waals surface area contributed by atoms with Crippen molar-refractivity contribution < 1.29 is 34.0 Å². The quantitative estimate of drug-likeness (QED) is 0.773. The van der Waals surface area contributed by atoms with E-state index >= 15 is 0 Å². The predicted octanol–water partition coefficient (Wildman–Crippen LogP) is 0.466. The molecule has 20 heavy (non-hydrogen) atoms. The molecule has 0 radical (unpaired) electrons. The number of carboxylic acid groups (broad SMARTS) is 1. The second-order valence-corrected chi connectivity index (χ2v) is 4.23. The number of aliphatic hydroxyl groups excluding tert-OH is 1. The lowest BCUT2D eigenvalue weighted by Gasteiger charge is -2.27. The second-order valence-electron chi connectivity index (χ2n) is 4.23. The smallest absolute Gasteiger partial charge is 0.336 e. The maximum Gasteiger partial charge on any atom is 0.336 e. The van der Waals surface area contributed by atoms with Crippen LogP contribution in [0.5, 0.6) is 0 Å². The molecule has 0 spiro atoms. The molecule has 1 aromatic carbocycles. The van der Waals surface area contributed by atoms with Crippen molar-refractivity contribution in [3.05, 3.63) is 35.4 Å². The van der Waals surface area contributed by atoms with E-state index in [1.807, 2.05) is 0 Å². The average Bonchev–Trinajstić information content (AvgIpc) is 2.82. The van der Waals surface area contributed by atoms with Gasteiger partial charge in [-0.05, 0) is 6.07 Å². The lowest BCUT2D eigenvalue weighted by Crippen LogP contribution is -2.34. The van der Waals surface area contributed by atoms with Gasteiger partial charge in [0.25, 0.3) is 0 Å². The summed E-state index contributed by atoms with van der Waals surface area (Å²) in [5, 5.41) is 18.7. The van der Waals surface area contributed by atoms with Crippen LogP contribution in [0.4, 0.5) is 0 Å². The van der Waals surface area contributed by atoms with Crippen LogP contribution in [0, 0.1) is 0 Å². The molecular formula is C13H14O7. The first-order valence-corrected chi connectivity index (χ1v) is 5.91. The number of esters is 1. The molecule has 1 fully saturated rings. The van der Waals surface area contributed by atoms with Gasteiger partial charge in [-0.25, -0.2) is 4.79 Å². The zero-order valence-corrected chi connectivity index (χ0v) is 10.7. The Hall–Kier alpha value is -1.96. The molecule has 0 aromatic heterocycles. The summed E-state index contributed by atoms with van der Waals surface area (Å²) in [6, 6.07) is 6.01. The van der Waals surface area contributed by atoms with Gasteiger partial charge in [0.15, 0.2) is 0 Å². The molecular weight excluding hydrogens is 268 g/mol. The van der Waals surface area contributed by atoms with Crippen LogP contribution >= 0.6 is 0 Å². The number of aromatic carboxylic acids is 1. The van der Waals surface area contributed by atoms with Crippen molar-refractivity contribution in [2.75, 3.05) is 13.2 Å². The molecule has 1 aromatic rings. The van der Waals surface area contributed by atoms with E-state index in [9.17, 15) is 14.7 Å². The number of carboxylic acids is 1. The van der Waals surface area contributed by atoms with Gasteiger partial charge in [0.2, 0.25) is 12.1 Å². The minimum Gasteiger partial charge on any atom is -0.478 e. The summed E-state index contributed by atoms with van der Waals surface area (Å²) < 4.78 is 15.6. The summed E-state index contributed by atoms with van der Waals surface area (Å²) in [7, 11) is 0. The van der Waals surface area contributed by atoms with E-state index < -0.39 is 30.6 Å². The molecule has 0 saturated carbocycles. The fraction of sp³-hybridized carbons (Fsp3) is 0.385. The van der Waals surface area contributed by atoms with Crippen molar-refractivity contribution in [1.29, 1.82) is 0 Å². The minimum atomic E-state index is -1.64. The van der Waals surface area contributed by atoms with Crippen LogP contribution in [0.25, 0.3) is 0 Å². The molecule has 0 amide bonds. The highest BCUT2D eigenvalue weighted by Gasteiger charge is 2.46. The minimum absolute atomic E-state index is 0.0509. The molecule has 1 saturated heterocycles. The van der Waals surface area contributed by atoms with Gasteiger partial charge in [-0.2, -0.15) is 0 Å². The highest BCUT2D eigenvalue weighted by molar-refractivity contribution is 5.89. The zero-order chi connectivity index (χ0) is 14.8. The SMILES string of the molecule is CC(=O)OC1COC(CO)(c2ccccc2C(=O)O)O1. The first-order chi connectivity index (χ1) is 9.48. The molecule has 0 aliphatic carbocycles. The monoisotopic (exact) mass is 282 g/mol. The molecule has 1 heterocycles. The van der Waals surface area contributed by atoms with Gasteiger partial charge in [0, 0.05) is 12.5 Å². The Labute approximate surface area is 114 Å². The van der Waals surface area contributed by atoms with Gasteiger partial charge in [-0.1, -0.05) is 18.2 Å². The van der Waals surface area contributed by atoms with Gasteiger partial charge in [-0.15, -0.1) is 0 Å². The lowest BCUT2D eigenvalue weighted by atomic mass is 10.00. The van der Waals surface area contributed by atoms with Crippen molar-refractivity contribution in [1.82, 2.24) is 0 Å². The molecule has 2 N–H and O–H groups in total. The van der Waals surface area contributed by atoms with Crippen LogP contribution in [0.15, 0.2) is 24.3 Å². The Bertz CT molecular complexity index is 527. The van der Waals surface area contributed by atoms with E-state index in [1.54, 1.807) is 12.1 Å². The molecule has 7 heteroatoms. The molecule has 1 aliphatic heterocycles. The third kappa shape index (κ3) is 2.64. The van der Waals surface area contributed by atoms with E-state index in [1.165, 1.54) is 19.1 Å². The average molecular weight is 282 g/mol. The van der Waals surface area contributed by atoms with Crippen LogP contribution in [0.2, 0.25) is 0 Å². The predicted molar refractivity (Wildman–Crippen MR) is 64.8 cm³/mol. The number of carbonyl (C=O) groups excluding carboxylic acids is 1. The van der Waals surface area contributed by atoms with Crippen LogP contribution in [0.3, 0.4) is 0 Å². The lowest BCUT2D eigenvalue weighted by molar-refractivity contribution is -0.233. The van der Waals surface area contributed by atoms with Gasteiger partial charge in [0.1, 0.15) is 13.2 Å². The number of hydrogen-bond acceptors (Lipinski definition) is 6. The Morgan fingerprint density at radius 3 is 2.75 bits per heavy atom.